The van der Waals surface area contributed by atoms with E-state index in [-0.39, 0.29) is 17.9 Å². The van der Waals surface area contributed by atoms with E-state index >= 15 is 0 Å². The number of hydrogen-bond acceptors (Lipinski definition) is 3. The normalized spacial score (nSPS) is 14.8. The van der Waals surface area contributed by atoms with Gasteiger partial charge in [-0.15, -0.1) is 11.8 Å². The summed E-state index contributed by atoms with van der Waals surface area (Å²) in [4.78, 5) is 29.0. The molecule has 0 aromatic heterocycles. The van der Waals surface area contributed by atoms with Gasteiger partial charge in [0.05, 0.1) is 0 Å². The highest BCUT2D eigenvalue weighted by atomic mass is 35.5. The zero-order valence-corrected chi connectivity index (χ0v) is 20.6. The van der Waals surface area contributed by atoms with E-state index in [4.69, 9.17) is 11.6 Å². The molecular formula is C26H33ClN2O2S. The molecule has 6 heteroatoms. The second-order valence-corrected chi connectivity index (χ2v) is 10.2. The quantitative estimate of drug-likeness (QED) is 0.341. The Morgan fingerprint density at radius 2 is 1.75 bits per heavy atom. The van der Waals surface area contributed by atoms with Gasteiger partial charge in [0.2, 0.25) is 11.8 Å². The lowest BCUT2D eigenvalue weighted by Gasteiger charge is -2.30. The van der Waals surface area contributed by atoms with Gasteiger partial charge in [0.1, 0.15) is 6.04 Å². The zero-order chi connectivity index (χ0) is 22.9. The Bertz CT molecular complexity index is 880. The molecule has 32 heavy (non-hydrogen) atoms. The number of thioether (sulfide) groups is 1. The lowest BCUT2D eigenvalue weighted by Crippen LogP contribution is -2.49. The maximum absolute atomic E-state index is 13.2. The van der Waals surface area contributed by atoms with Crippen LogP contribution >= 0.6 is 23.4 Å². The average molecular weight is 473 g/mol. The van der Waals surface area contributed by atoms with Crippen molar-refractivity contribution in [1.82, 2.24) is 10.2 Å². The molecule has 1 N–H and O–H groups in total. The van der Waals surface area contributed by atoms with Crippen LogP contribution in [0.25, 0.3) is 0 Å². The molecule has 2 aromatic rings. The van der Waals surface area contributed by atoms with Crippen LogP contribution in [0.5, 0.6) is 0 Å². The van der Waals surface area contributed by atoms with Crippen molar-refractivity contribution in [2.24, 2.45) is 0 Å². The molecule has 2 amide bonds. The summed E-state index contributed by atoms with van der Waals surface area (Å²) in [6, 6.07) is 15.7. The molecule has 2 aromatic carbocycles. The molecule has 1 aliphatic carbocycles. The number of carbonyl (C=O) groups is 2. The highest BCUT2D eigenvalue weighted by Crippen LogP contribution is 2.22. The van der Waals surface area contributed by atoms with Gasteiger partial charge in [-0.3, -0.25) is 9.59 Å². The monoisotopic (exact) mass is 472 g/mol. The third kappa shape index (κ3) is 7.56. The molecule has 1 atom stereocenters. The van der Waals surface area contributed by atoms with Crippen molar-refractivity contribution in [3.05, 3.63) is 64.7 Å². The predicted molar refractivity (Wildman–Crippen MR) is 133 cm³/mol. The standard InChI is InChI=1S/C26H33ClN2O2S/c1-19-9-11-21(12-10-19)18-29(20(2)26(31)28-23-6-3-4-7-23)25(30)8-5-17-32-24-15-13-22(27)14-16-24/h9-16,20,23H,3-8,17-18H2,1-2H3,(H,28,31)/t20-/m1/s1. The van der Waals surface area contributed by atoms with Gasteiger partial charge in [-0.1, -0.05) is 54.3 Å². The van der Waals surface area contributed by atoms with Crippen molar-refractivity contribution in [3.63, 3.8) is 0 Å². The first kappa shape index (κ1) is 24.7. The summed E-state index contributed by atoms with van der Waals surface area (Å²) in [5.41, 5.74) is 2.22. The fourth-order valence-corrected chi connectivity index (χ4v) is 4.93. The first-order valence-electron chi connectivity index (χ1n) is 11.5. The number of rotatable bonds is 10. The molecule has 0 unspecified atom stereocenters. The Hall–Kier alpha value is -1.98. The first-order chi connectivity index (χ1) is 15.4. The molecule has 4 nitrogen and oxygen atoms in total. The zero-order valence-electron chi connectivity index (χ0n) is 19.0. The van der Waals surface area contributed by atoms with Gasteiger partial charge in [0, 0.05) is 28.9 Å². The topological polar surface area (TPSA) is 49.4 Å². The molecule has 0 heterocycles. The van der Waals surface area contributed by atoms with E-state index < -0.39 is 6.04 Å². The van der Waals surface area contributed by atoms with Crippen LogP contribution < -0.4 is 5.32 Å². The molecule has 0 bridgehead atoms. The molecular weight excluding hydrogens is 440 g/mol. The van der Waals surface area contributed by atoms with Crippen LogP contribution in [-0.4, -0.2) is 34.6 Å². The smallest absolute Gasteiger partial charge is 0.242 e. The molecule has 0 saturated heterocycles. The molecule has 172 valence electrons. The van der Waals surface area contributed by atoms with Crippen molar-refractivity contribution >= 4 is 35.2 Å². The molecule has 3 rings (SSSR count). The Morgan fingerprint density at radius 3 is 2.41 bits per heavy atom. The summed E-state index contributed by atoms with van der Waals surface area (Å²) in [6.07, 6.45) is 5.58. The number of nitrogens with one attached hydrogen (secondary N) is 1. The Kier molecular flexibility index (Phi) is 9.49. The third-order valence-corrected chi connectivity index (χ3v) is 7.31. The summed E-state index contributed by atoms with van der Waals surface area (Å²) in [6.45, 7) is 4.34. The molecule has 0 radical (unpaired) electrons. The number of halogens is 1. The van der Waals surface area contributed by atoms with Crippen LogP contribution in [0, 0.1) is 6.92 Å². The van der Waals surface area contributed by atoms with E-state index in [9.17, 15) is 9.59 Å². The summed E-state index contributed by atoms with van der Waals surface area (Å²) in [5.74, 6) is 0.818. The second-order valence-electron chi connectivity index (χ2n) is 8.58. The summed E-state index contributed by atoms with van der Waals surface area (Å²) >= 11 is 7.66. The van der Waals surface area contributed by atoms with E-state index in [0.717, 1.165) is 53.3 Å². The van der Waals surface area contributed by atoms with Gasteiger partial charge in [-0.05, 0) is 68.7 Å². The van der Waals surface area contributed by atoms with Gasteiger partial charge < -0.3 is 10.2 Å². The van der Waals surface area contributed by atoms with Gasteiger partial charge >= 0.3 is 0 Å². The number of hydrogen-bond donors (Lipinski definition) is 1. The van der Waals surface area contributed by atoms with Crippen LogP contribution in [-0.2, 0) is 16.1 Å². The molecule has 0 spiro atoms. The van der Waals surface area contributed by atoms with Gasteiger partial charge in [-0.2, -0.15) is 0 Å². The summed E-state index contributed by atoms with van der Waals surface area (Å²) in [5, 5.41) is 3.88. The SMILES string of the molecule is Cc1ccc(CN(C(=O)CCCSc2ccc(Cl)cc2)[C@H](C)C(=O)NC2CCCC2)cc1. The summed E-state index contributed by atoms with van der Waals surface area (Å²) < 4.78 is 0. The van der Waals surface area contributed by atoms with Crippen molar-refractivity contribution in [3.8, 4) is 0 Å². The van der Waals surface area contributed by atoms with Crippen molar-refractivity contribution in [2.45, 2.75) is 75.9 Å². The van der Waals surface area contributed by atoms with Crippen LogP contribution in [0.3, 0.4) is 0 Å². The van der Waals surface area contributed by atoms with Crippen LogP contribution in [0.4, 0.5) is 0 Å². The maximum atomic E-state index is 13.2. The van der Waals surface area contributed by atoms with E-state index in [0.29, 0.717) is 13.0 Å². The number of benzene rings is 2. The van der Waals surface area contributed by atoms with Crippen molar-refractivity contribution in [2.75, 3.05) is 5.75 Å². The number of aryl methyl sites for hydroxylation is 1. The van der Waals surface area contributed by atoms with Crippen LogP contribution in [0.15, 0.2) is 53.4 Å². The average Bonchev–Trinajstić information content (AvgIpc) is 3.30. The van der Waals surface area contributed by atoms with E-state index in [1.807, 2.05) is 62.4 Å². The van der Waals surface area contributed by atoms with Crippen molar-refractivity contribution < 1.29 is 9.59 Å². The van der Waals surface area contributed by atoms with E-state index in [1.165, 1.54) is 5.56 Å². The van der Waals surface area contributed by atoms with Crippen LogP contribution in [0.1, 0.15) is 56.6 Å². The summed E-state index contributed by atoms with van der Waals surface area (Å²) in [7, 11) is 0. The third-order valence-electron chi connectivity index (χ3n) is 5.96. The predicted octanol–water partition coefficient (Wildman–Crippen LogP) is 6.00. The van der Waals surface area contributed by atoms with Gasteiger partial charge in [-0.25, -0.2) is 0 Å². The number of carbonyl (C=O) groups excluding carboxylic acids is 2. The highest BCUT2D eigenvalue weighted by Gasteiger charge is 2.28. The Labute approximate surface area is 201 Å². The Balaban J connectivity index is 1.59. The minimum atomic E-state index is -0.492. The van der Waals surface area contributed by atoms with E-state index in [1.54, 1.807) is 16.7 Å². The van der Waals surface area contributed by atoms with Crippen LogP contribution in [0.2, 0.25) is 5.02 Å². The van der Waals surface area contributed by atoms with E-state index in [2.05, 4.69) is 5.32 Å². The second kappa shape index (κ2) is 12.3. The van der Waals surface area contributed by atoms with Gasteiger partial charge in [0.15, 0.2) is 0 Å². The lowest BCUT2D eigenvalue weighted by atomic mass is 10.1. The van der Waals surface area contributed by atoms with Crippen molar-refractivity contribution in [1.29, 1.82) is 0 Å². The lowest BCUT2D eigenvalue weighted by molar-refractivity contribution is -0.140. The minimum Gasteiger partial charge on any atom is -0.352 e. The molecule has 0 aliphatic heterocycles. The molecule has 1 fully saturated rings. The fraction of sp³-hybridized carbons (Fsp3) is 0.462. The molecule has 1 aliphatic rings. The molecule has 1 saturated carbocycles. The largest absolute Gasteiger partial charge is 0.352 e. The maximum Gasteiger partial charge on any atom is 0.242 e. The number of amides is 2. The highest BCUT2D eigenvalue weighted by molar-refractivity contribution is 7.99. The minimum absolute atomic E-state index is 0.0244. The van der Waals surface area contributed by atoms with Gasteiger partial charge in [0.25, 0.3) is 0 Å². The Morgan fingerprint density at radius 1 is 1.09 bits per heavy atom. The number of nitrogens with zero attached hydrogens (tertiary/aromatic N) is 1. The first-order valence-corrected chi connectivity index (χ1v) is 12.8. The fourth-order valence-electron chi connectivity index (χ4n) is 3.95.